The fourth-order valence-corrected chi connectivity index (χ4v) is 3.69. The molecule has 3 aromatic heterocycles. The number of benzene rings is 1. The Morgan fingerprint density at radius 1 is 1.07 bits per heavy atom. The van der Waals surface area contributed by atoms with Crippen LogP contribution in [0.4, 0.5) is 16.0 Å². The minimum Gasteiger partial charge on any atom is -0.325 e. The maximum Gasteiger partial charge on any atom is 0.149 e. The normalized spacial score (nSPS) is 13.8. The number of aryl methyl sites for hydroxylation is 2. The molecule has 1 aliphatic rings. The average Bonchev–Trinajstić information content (AvgIpc) is 3.45. The molecule has 0 atom stereocenters. The van der Waals surface area contributed by atoms with E-state index in [9.17, 15) is 4.39 Å². The Morgan fingerprint density at radius 3 is 2.68 bits per heavy atom. The maximum absolute atomic E-state index is 14.6. The fraction of sp³-hybridized carbons (Fsp3) is 0.227. The predicted molar refractivity (Wildman–Crippen MR) is 108 cm³/mol. The average molecular weight is 373 g/mol. The fourth-order valence-electron chi connectivity index (χ4n) is 3.69. The largest absolute Gasteiger partial charge is 0.325 e. The van der Waals surface area contributed by atoms with Gasteiger partial charge in [-0.15, -0.1) is 0 Å². The Morgan fingerprint density at radius 2 is 1.89 bits per heavy atom. The molecule has 3 heterocycles. The van der Waals surface area contributed by atoms with Gasteiger partial charge in [-0.2, -0.15) is 5.10 Å². The number of pyridine rings is 2. The molecule has 4 aromatic rings. The Balaban J connectivity index is 1.56. The number of fused-ring (bicyclic) bond motifs is 1. The second-order valence-corrected chi connectivity index (χ2v) is 7.41. The summed E-state index contributed by atoms with van der Waals surface area (Å²) in [6.45, 7) is 2.00. The van der Waals surface area contributed by atoms with Gasteiger partial charge in [-0.3, -0.25) is 4.68 Å². The van der Waals surface area contributed by atoms with E-state index >= 15 is 0 Å². The molecular formula is C22H20FN5. The van der Waals surface area contributed by atoms with Crippen molar-refractivity contribution >= 4 is 22.5 Å². The molecule has 1 aromatic carbocycles. The summed E-state index contributed by atoms with van der Waals surface area (Å²) in [6.07, 6.45) is 5.38. The molecule has 0 spiro atoms. The zero-order chi connectivity index (χ0) is 19.3. The van der Waals surface area contributed by atoms with Crippen molar-refractivity contribution in [2.75, 3.05) is 5.32 Å². The highest BCUT2D eigenvalue weighted by atomic mass is 19.1. The first-order chi connectivity index (χ1) is 13.6. The van der Waals surface area contributed by atoms with Crippen LogP contribution >= 0.6 is 0 Å². The first-order valence-electron chi connectivity index (χ1n) is 9.41. The number of nitrogens with one attached hydrogen (secondary N) is 1. The van der Waals surface area contributed by atoms with Crippen molar-refractivity contribution in [3.63, 3.8) is 0 Å². The van der Waals surface area contributed by atoms with Crippen molar-refractivity contribution in [2.45, 2.75) is 25.7 Å². The van der Waals surface area contributed by atoms with E-state index in [1.165, 1.54) is 24.7 Å². The zero-order valence-electron chi connectivity index (χ0n) is 15.8. The molecule has 0 aliphatic heterocycles. The van der Waals surface area contributed by atoms with Crippen LogP contribution in [0.1, 0.15) is 30.0 Å². The van der Waals surface area contributed by atoms with E-state index in [0.717, 1.165) is 22.0 Å². The van der Waals surface area contributed by atoms with Gasteiger partial charge in [0.2, 0.25) is 0 Å². The standard InChI is InChI=1S/C22H20FN5/c1-13-7-8-24-20(9-13)26-21-11-16(18(23)12-25-21)15-5-6-19-17(10-15)22(14-3-4-14)28(2)27-19/h5-12,14H,3-4H2,1-2H3,(H,24,25,26). The van der Waals surface area contributed by atoms with Gasteiger partial charge >= 0.3 is 0 Å². The molecular weight excluding hydrogens is 353 g/mol. The van der Waals surface area contributed by atoms with E-state index in [-0.39, 0.29) is 5.82 Å². The Kier molecular flexibility index (Phi) is 3.86. The summed E-state index contributed by atoms with van der Waals surface area (Å²) >= 11 is 0. The molecule has 140 valence electrons. The number of nitrogens with zero attached hydrogens (tertiary/aromatic N) is 4. The summed E-state index contributed by atoms with van der Waals surface area (Å²) in [5.74, 6) is 1.46. The van der Waals surface area contributed by atoms with Gasteiger partial charge in [0.1, 0.15) is 17.5 Å². The summed E-state index contributed by atoms with van der Waals surface area (Å²) in [5, 5.41) is 8.87. The molecule has 0 bridgehead atoms. The lowest BCUT2D eigenvalue weighted by Crippen LogP contribution is -1.98. The smallest absolute Gasteiger partial charge is 0.149 e. The first-order valence-corrected chi connectivity index (χ1v) is 9.41. The van der Waals surface area contributed by atoms with Crippen molar-refractivity contribution in [3.8, 4) is 11.1 Å². The summed E-state index contributed by atoms with van der Waals surface area (Å²) in [7, 11) is 1.98. The number of hydrogen-bond donors (Lipinski definition) is 1. The van der Waals surface area contributed by atoms with E-state index < -0.39 is 0 Å². The van der Waals surface area contributed by atoms with Crippen LogP contribution in [0.3, 0.4) is 0 Å². The van der Waals surface area contributed by atoms with Gasteiger partial charge in [-0.05, 0) is 61.2 Å². The Hall–Kier alpha value is -3.28. The molecule has 1 N–H and O–H groups in total. The highest BCUT2D eigenvalue weighted by molar-refractivity contribution is 5.88. The third-order valence-electron chi connectivity index (χ3n) is 5.18. The molecule has 6 heteroatoms. The lowest BCUT2D eigenvalue weighted by molar-refractivity contribution is 0.625. The van der Waals surface area contributed by atoms with Crippen LogP contribution in [0.15, 0.2) is 48.8 Å². The van der Waals surface area contributed by atoms with Crippen molar-refractivity contribution in [1.82, 2.24) is 19.7 Å². The Bertz CT molecular complexity index is 1190. The highest BCUT2D eigenvalue weighted by Crippen LogP contribution is 2.43. The molecule has 0 saturated heterocycles. The van der Waals surface area contributed by atoms with Crippen LogP contribution in [0.5, 0.6) is 0 Å². The van der Waals surface area contributed by atoms with Crippen LogP contribution in [-0.2, 0) is 7.05 Å². The van der Waals surface area contributed by atoms with Crippen molar-refractivity contribution in [1.29, 1.82) is 0 Å². The summed E-state index contributed by atoms with van der Waals surface area (Å²) in [4.78, 5) is 8.45. The number of rotatable bonds is 4. The third-order valence-corrected chi connectivity index (χ3v) is 5.18. The molecule has 0 amide bonds. The summed E-state index contributed by atoms with van der Waals surface area (Å²) in [6, 6.07) is 11.5. The van der Waals surface area contributed by atoms with Crippen LogP contribution < -0.4 is 5.32 Å². The molecule has 1 saturated carbocycles. The number of hydrogen-bond acceptors (Lipinski definition) is 4. The van der Waals surface area contributed by atoms with Crippen LogP contribution in [0, 0.1) is 12.7 Å². The number of aromatic nitrogens is 4. The molecule has 28 heavy (non-hydrogen) atoms. The van der Waals surface area contributed by atoms with E-state index in [1.807, 2.05) is 49.0 Å². The van der Waals surface area contributed by atoms with E-state index in [4.69, 9.17) is 0 Å². The van der Waals surface area contributed by atoms with Gasteiger partial charge in [-0.1, -0.05) is 6.07 Å². The first kappa shape index (κ1) is 16.9. The minimum absolute atomic E-state index is 0.348. The second kappa shape index (κ2) is 6.41. The van der Waals surface area contributed by atoms with Gasteiger partial charge in [-0.25, -0.2) is 14.4 Å². The van der Waals surface area contributed by atoms with E-state index in [0.29, 0.717) is 23.1 Å². The van der Waals surface area contributed by atoms with Crippen LogP contribution in [0.25, 0.3) is 22.0 Å². The minimum atomic E-state index is -0.348. The zero-order valence-corrected chi connectivity index (χ0v) is 15.8. The second-order valence-electron chi connectivity index (χ2n) is 7.41. The lowest BCUT2D eigenvalue weighted by atomic mass is 10.0. The molecule has 0 unspecified atom stereocenters. The molecule has 1 aliphatic carbocycles. The van der Waals surface area contributed by atoms with Crippen molar-refractivity contribution in [3.05, 3.63) is 65.9 Å². The van der Waals surface area contributed by atoms with Gasteiger partial charge in [0.05, 0.1) is 11.7 Å². The van der Waals surface area contributed by atoms with Crippen molar-refractivity contribution < 1.29 is 4.39 Å². The molecule has 5 nitrogen and oxygen atoms in total. The van der Waals surface area contributed by atoms with Gasteiger partial charge in [0.25, 0.3) is 0 Å². The molecule has 5 rings (SSSR count). The molecule has 0 radical (unpaired) electrons. The van der Waals surface area contributed by atoms with Crippen molar-refractivity contribution in [2.24, 2.45) is 7.05 Å². The topological polar surface area (TPSA) is 55.6 Å². The van der Waals surface area contributed by atoms with E-state index in [2.05, 4.69) is 20.4 Å². The SMILES string of the molecule is Cc1ccnc(Nc2cc(-c3ccc4nn(C)c(C5CC5)c4c3)c(F)cn2)c1. The lowest BCUT2D eigenvalue weighted by Gasteiger charge is -2.09. The quantitative estimate of drug-likeness (QED) is 0.541. The van der Waals surface area contributed by atoms with Gasteiger partial charge in [0.15, 0.2) is 0 Å². The monoisotopic (exact) mass is 373 g/mol. The van der Waals surface area contributed by atoms with Crippen LogP contribution in [-0.4, -0.2) is 19.7 Å². The predicted octanol–water partition coefficient (Wildman–Crippen LogP) is 5.10. The highest BCUT2D eigenvalue weighted by Gasteiger charge is 2.29. The number of anilines is 2. The third kappa shape index (κ3) is 3.01. The molecule has 1 fully saturated rings. The van der Waals surface area contributed by atoms with Gasteiger partial charge in [0, 0.05) is 35.8 Å². The Labute approximate surface area is 162 Å². The maximum atomic E-state index is 14.6. The number of halogens is 1. The van der Waals surface area contributed by atoms with Crippen LogP contribution in [0.2, 0.25) is 0 Å². The van der Waals surface area contributed by atoms with E-state index in [1.54, 1.807) is 12.3 Å². The summed E-state index contributed by atoms with van der Waals surface area (Å²) in [5.41, 5.74) is 4.62. The summed E-state index contributed by atoms with van der Waals surface area (Å²) < 4.78 is 16.6. The van der Waals surface area contributed by atoms with Gasteiger partial charge < -0.3 is 5.32 Å².